The Morgan fingerprint density at radius 3 is 2.00 bits per heavy atom. The summed E-state index contributed by atoms with van der Waals surface area (Å²) in [7, 11) is 2.41. The Hall–Kier alpha value is 0.180. The van der Waals surface area contributed by atoms with Crippen LogP contribution in [0.4, 0.5) is 0 Å². The van der Waals surface area contributed by atoms with Crippen LogP contribution in [0.15, 0.2) is 15.2 Å². The lowest BCUT2D eigenvalue weighted by Crippen LogP contribution is -1.91. The van der Waals surface area contributed by atoms with Gasteiger partial charge in [-0.2, -0.15) is 0 Å². The SMILES string of the molecule is CCc1sc(S(=O)(=O)Cl)cc1S(=O)(=O)Cl. The number of rotatable bonds is 3. The lowest BCUT2D eigenvalue weighted by Gasteiger charge is -1.93. The Morgan fingerprint density at radius 1 is 1.20 bits per heavy atom. The minimum atomic E-state index is -3.93. The highest BCUT2D eigenvalue weighted by atomic mass is 35.7. The molecule has 0 saturated carbocycles. The average molecular weight is 309 g/mol. The molecule has 0 saturated heterocycles. The van der Waals surface area contributed by atoms with Crippen LogP contribution in [-0.2, 0) is 24.5 Å². The summed E-state index contributed by atoms with van der Waals surface area (Å²) in [6.45, 7) is 1.70. The fourth-order valence-electron chi connectivity index (χ4n) is 0.962. The van der Waals surface area contributed by atoms with Crippen LogP contribution in [0.1, 0.15) is 11.8 Å². The van der Waals surface area contributed by atoms with Gasteiger partial charge in [-0.25, -0.2) is 16.8 Å². The molecule has 4 nitrogen and oxygen atoms in total. The molecule has 0 aromatic carbocycles. The quantitative estimate of drug-likeness (QED) is 0.802. The second-order valence-electron chi connectivity index (χ2n) is 2.58. The van der Waals surface area contributed by atoms with E-state index in [2.05, 4.69) is 0 Å². The largest absolute Gasteiger partial charge is 0.270 e. The van der Waals surface area contributed by atoms with Crippen molar-refractivity contribution >= 4 is 50.8 Å². The van der Waals surface area contributed by atoms with Gasteiger partial charge in [0.15, 0.2) is 0 Å². The van der Waals surface area contributed by atoms with E-state index in [1.807, 2.05) is 0 Å². The van der Waals surface area contributed by atoms with Crippen LogP contribution in [0, 0.1) is 0 Å². The summed E-state index contributed by atoms with van der Waals surface area (Å²) in [5.41, 5.74) is 0. The number of halogens is 2. The van der Waals surface area contributed by atoms with Crippen molar-refractivity contribution in [2.75, 3.05) is 0 Å². The van der Waals surface area contributed by atoms with Crippen molar-refractivity contribution in [3.05, 3.63) is 10.9 Å². The van der Waals surface area contributed by atoms with Gasteiger partial charge in [0.1, 0.15) is 4.21 Å². The Bertz CT molecular complexity index is 570. The lowest BCUT2D eigenvalue weighted by molar-refractivity contribution is 0.609. The van der Waals surface area contributed by atoms with Crippen molar-refractivity contribution in [3.8, 4) is 0 Å². The molecular weight excluding hydrogens is 303 g/mol. The Morgan fingerprint density at radius 2 is 1.73 bits per heavy atom. The molecule has 0 spiro atoms. The number of hydrogen-bond donors (Lipinski definition) is 0. The molecular formula is C6H6Cl2O4S3. The maximum absolute atomic E-state index is 11.1. The summed E-state index contributed by atoms with van der Waals surface area (Å²) < 4.78 is 43.9. The van der Waals surface area contributed by atoms with Crippen molar-refractivity contribution in [1.29, 1.82) is 0 Å². The molecule has 86 valence electrons. The van der Waals surface area contributed by atoms with E-state index in [4.69, 9.17) is 21.4 Å². The Balaban J connectivity index is 3.51. The summed E-state index contributed by atoms with van der Waals surface area (Å²) in [6.07, 6.45) is 0.373. The predicted molar refractivity (Wildman–Crippen MR) is 59.8 cm³/mol. The average Bonchev–Trinajstić information content (AvgIpc) is 2.44. The highest BCUT2D eigenvalue weighted by Crippen LogP contribution is 2.33. The zero-order valence-corrected chi connectivity index (χ0v) is 11.4. The van der Waals surface area contributed by atoms with E-state index in [0.29, 0.717) is 11.3 Å². The van der Waals surface area contributed by atoms with Crippen LogP contribution in [0.25, 0.3) is 0 Å². The van der Waals surface area contributed by atoms with Crippen molar-refractivity contribution < 1.29 is 16.8 Å². The van der Waals surface area contributed by atoms with Gasteiger partial charge in [-0.05, 0) is 12.5 Å². The van der Waals surface area contributed by atoms with Crippen LogP contribution in [0.2, 0.25) is 0 Å². The smallest absolute Gasteiger partial charge is 0.207 e. The number of thiophene rings is 1. The van der Waals surface area contributed by atoms with Crippen molar-refractivity contribution in [3.63, 3.8) is 0 Å². The van der Waals surface area contributed by atoms with Gasteiger partial charge < -0.3 is 0 Å². The van der Waals surface area contributed by atoms with Gasteiger partial charge in [-0.1, -0.05) is 6.92 Å². The minimum Gasteiger partial charge on any atom is -0.207 e. The lowest BCUT2D eigenvalue weighted by atomic mass is 10.4. The molecule has 0 N–H and O–H groups in total. The number of hydrogen-bond acceptors (Lipinski definition) is 5. The molecule has 9 heteroatoms. The summed E-state index contributed by atoms with van der Waals surface area (Å²) >= 11 is 0.810. The molecule has 1 aromatic heterocycles. The molecule has 0 unspecified atom stereocenters. The minimum absolute atomic E-state index is 0.184. The Kier molecular flexibility index (Phi) is 3.72. The second kappa shape index (κ2) is 4.21. The summed E-state index contributed by atoms with van der Waals surface area (Å²) in [5, 5.41) is 0. The predicted octanol–water partition coefficient (Wildman–Crippen LogP) is 2.17. The zero-order chi connectivity index (χ0) is 11.9. The van der Waals surface area contributed by atoms with Gasteiger partial charge in [0.05, 0.1) is 4.90 Å². The zero-order valence-electron chi connectivity index (χ0n) is 7.40. The normalized spacial score (nSPS) is 13.0. The van der Waals surface area contributed by atoms with E-state index < -0.39 is 18.1 Å². The maximum Gasteiger partial charge on any atom is 0.270 e. The summed E-state index contributed by atoms with van der Waals surface area (Å²) in [6, 6.07) is 0.980. The standard InChI is InChI=1S/C6H6Cl2O4S3/c1-2-4-5(14(7,9)10)3-6(13-4)15(8,11)12/h3H,2H2,1H3. The first-order chi connectivity index (χ1) is 6.66. The van der Waals surface area contributed by atoms with E-state index in [1.54, 1.807) is 6.92 Å². The third-order valence-corrected chi connectivity index (χ3v) is 6.44. The first-order valence-corrected chi connectivity index (χ1v) is 9.11. The van der Waals surface area contributed by atoms with Gasteiger partial charge >= 0.3 is 0 Å². The van der Waals surface area contributed by atoms with Crippen molar-refractivity contribution in [2.45, 2.75) is 22.4 Å². The maximum atomic E-state index is 11.1. The van der Waals surface area contributed by atoms with E-state index >= 15 is 0 Å². The molecule has 0 fully saturated rings. The molecule has 0 amide bonds. The van der Waals surface area contributed by atoms with Crippen molar-refractivity contribution in [2.24, 2.45) is 0 Å². The summed E-state index contributed by atoms with van der Waals surface area (Å²) in [4.78, 5) is 0.195. The van der Waals surface area contributed by atoms with Crippen LogP contribution < -0.4 is 0 Å². The van der Waals surface area contributed by atoms with Gasteiger partial charge in [0.25, 0.3) is 18.1 Å². The second-order valence-corrected chi connectivity index (χ2v) is 9.05. The first kappa shape index (κ1) is 13.2. The van der Waals surface area contributed by atoms with Gasteiger partial charge in [-0.3, -0.25) is 0 Å². The molecule has 0 atom stereocenters. The third kappa shape index (κ3) is 3.07. The van der Waals surface area contributed by atoms with Crippen LogP contribution in [0.5, 0.6) is 0 Å². The summed E-state index contributed by atoms with van der Waals surface area (Å²) in [5.74, 6) is 0. The molecule has 0 aliphatic heterocycles. The monoisotopic (exact) mass is 308 g/mol. The van der Waals surface area contributed by atoms with Crippen LogP contribution in [-0.4, -0.2) is 16.8 Å². The van der Waals surface area contributed by atoms with Crippen LogP contribution >= 0.6 is 32.7 Å². The number of aryl methyl sites for hydroxylation is 1. The highest BCUT2D eigenvalue weighted by molar-refractivity contribution is 8.15. The molecule has 1 heterocycles. The fourth-order valence-corrected chi connectivity index (χ4v) is 4.89. The molecule has 0 aliphatic rings. The van der Waals surface area contributed by atoms with Gasteiger partial charge in [0.2, 0.25) is 0 Å². The molecule has 15 heavy (non-hydrogen) atoms. The van der Waals surface area contributed by atoms with E-state index in [1.165, 1.54) is 0 Å². The molecule has 0 aliphatic carbocycles. The van der Waals surface area contributed by atoms with Crippen LogP contribution in [0.3, 0.4) is 0 Å². The fraction of sp³-hybridized carbons (Fsp3) is 0.333. The molecule has 0 bridgehead atoms. The van der Waals surface area contributed by atoms with Crippen molar-refractivity contribution in [1.82, 2.24) is 0 Å². The molecule has 1 rings (SSSR count). The first-order valence-electron chi connectivity index (χ1n) is 3.68. The highest BCUT2D eigenvalue weighted by Gasteiger charge is 2.23. The van der Waals surface area contributed by atoms with E-state index in [0.717, 1.165) is 17.4 Å². The molecule has 1 aromatic rings. The van der Waals surface area contributed by atoms with Gasteiger partial charge in [0, 0.05) is 26.2 Å². The molecule has 0 radical (unpaired) electrons. The van der Waals surface area contributed by atoms with E-state index in [-0.39, 0.29) is 9.10 Å². The third-order valence-electron chi connectivity index (χ3n) is 1.57. The van der Waals surface area contributed by atoms with Gasteiger partial charge in [-0.15, -0.1) is 11.3 Å². The van der Waals surface area contributed by atoms with E-state index in [9.17, 15) is 16.8 Å². The Labute approximate surface area is 101 Å². The topological polar surface area (TPSA) is 68.3 Å².